The maximum absolute atomic E-state index is 10.7. The molecule has 2 aromatic rings. The Labute approximate surface area is 89.7 Å². The topological polar surface area (TPSA) is 84.9 Å². The molecule has 0 spiro atoms. The highest BCUT2D eigenvalue weighted by Crippen LogP contribution is 2.26. The number of hydrogen-bond donors (Lipinski definition) is 2. The third-order valence-electron chi connectivity index (χ3n) is 2.11. The van der Waals surface area contributed by atoms with Gasteiger partial charge >= 0.3 is 5.82 Å². The lowest BCUT2D eigenvalue weighted by atomic mass is 10.2. The zero-order valence-corrected chi connectivity index (χ0v) is 8.38. The molecule has 15 heavy (non-hydrogen) atoms. The van der Waals surface area contributed by atoms with Crippen LogP contribution in [0.2, 0.25) is 0 Å². The van der Waals surface area contributed by atoms with Crippen LogP contribution in [0.4, 0.5) is 11.5 Å². The van der Waals surface area contributed by atoms with Gasteiger partial charge in [0.25, 0.3) is 0 Å². The Kier molecular flexibility index (Phi) is 2.12. The molecule has 0 aliphatic carbocycles. The molecule has 0 radical (unpaired) electrons. The number of aromatic amines is 1. The fraction of sp³-hybridized carbons (Fsp3) is 0. The molecule has 2 rings (SSSR count). The normalized spacial score (nSPS) is 10.4. The van der Waals surface area contributed by atoms with E-state index in [1.54, 1.807) is 24.3 Å². The molecule has 0 aliphatic rings. The first-order chi connectivity index (χ1) is 7.11. The number of nitro groups is 1. The molecule has 0 fully saturated rings. The summed E-state index contributed by atoms with van der Waals surface area (Å²) in [5, 5.41) is 11.4. The Bertz CT molecular complexity index is 606. The number of benzene rings is 1. The minimum atomic E-state index is -0.572. The van der Waals surface area contributed by atoms with Crippen molar-refractivity contribution in [3.63, 3.8) is 0 Å². The summed E-state index contributed by atoms with van der Waals surface area (Å²) in [7, 11) is 0. The minimum absolute atomic E-state index is 0.00806. The quantitative estimate of drug-likeness (QED) is 0.440. The first-order valence-corrected chi connectivity index (χ1v) is 4.57. The number of para-hydroxylation sites is 1. The lowest BCUT2D eigenvalue weighted by molar-refractivity contribution is -0.388. The number of nitrogens with zero attached hydrogens (tertiary/aromatic N) is 1. The number of pyridine rings is 1. The van der Waals surface area contributed by atoms with E-state index < -0.39 is 4.92 Å². The van der Waals surface area contributed by atoms with Crippen molar-refractivity contribution >= 4 is 34.6 Å². The second-order valence-electron chi connectivity index (χ2n) is 3.02. The molecule has 0 saturated heterocycles. The molecule has 76 valence electrons. The van der Waals surface area contributed by atoms with Crippen LogP contribution in [0.5, 0.6) is 0 Å². The molecule has 5 nitrogen and oxygen atoms in total. The minimum Gasteiger partial charge on any atom is -0.391 e. The van der Waals surface area contributed by atoms with Gasteiger partial charge < -0.3 is 15.8 Å². The highest BCUT2D eigenvalue weighted by atomic mass is 32.1. The maximum Gasteiger partial charge on any atom is 0.345 e. The molecule has 3 N–H and O–H groups in total. The Morgan fingerprint density at radius 2 is 2.07 bits per heavy atom. The first kappa shape index (κ1) is 9.60. The summed E-state index contributed by atoms with van der Waals surface area (Å²) in [6, 6.07) is 7.07. The summed E-state index contributed by atoms with van der Waals surface area (Å²) >= 11 is 5.05. The molecule has 0 atom stereocenters. The molecule has 0 bridgehead atoms. The Morgan fingerprint density at radius 1 is 1.40 bits per heavy atom. The fourth-order valence-corrected chi connectivity index (χ4v) is 1.66. The van der Waals surface area contributed by atoms with Crippen LogP contribution in [0.1, 0.15) is 0 Å². The van der Waals surface area contributed by atoms with Gasteiger partial charge in [0.15, 0.2) is 0 Å². The summed E-state index contributed by atoms with van der Waals surface area (Å²) in [6.45, 7) is 0. The largest absolute Gasteiger partial charge is 0.391 e. The number of H-pyrrole nitrogens is 1. The highest BCUT2D eigenvalue weighted by molar-refractivity contribution is 7.72. The number of hydrogen-bond acceptors (Lipinski definition) is 4. The van der Waals surface area contributed by atoms with Gasteiger partial charge in [0.2, 0.25) is 0 Å². The molecule has 1 heterocycles. The maximum atomic E-state index is 10.7. The second kappa shape index (κ2) is 3.32. The number of rotatable bonds is 1. The van der Waals surface area contributed by atoms with Gasteiger partial charge in [-0.25, -0.2) is 4.98 Å². The summed E-state index contributed by atoms with van der Waals surface area (Å²) in [5.41, 5.74) is 6.19. The molecular weight excluding hydrogens is 214 g/mol. The monoisotopic (exact) mass is 221 g/mol. The second-order valence-corrected chi connectivity index (χ2v) is 3.43. The number of fused-ring (bicyclic) bond motifs is 1. The van der Waals surface area contributed by atoms with Crippen LogP contribution in [-0.4, -0.2) is 9.91 Å². The predicted octanol–water partition coefficient (Wildman–Crippen LogP) is 2.39. The van der Waals surface area contributed by atoms with Crippen molar-refractivity contribution in [3.05, 3.63) is 38.9 Å². The molecule has 6 heteroatoms. The van der Waals surface area contributed by atoms with Crippen molar-refractivity contribution < 1.29 is 4.92 Å². The van der Waals surface area contributed by atoms with Crippen LogP contribution in [0.15, 0.2) is 24.3 Å². The zero-order valence-electron chi connectivity index (χ0n) is 7.56. The van der Waals surface area contributed by atoms with Gasteiger partial charge in [-0.05, 0) is 17.1 Å². The number of anilines is 1. The lowest BCUT2D eigenvalue weighted by Gasteiger charge is -2.01. The van der Waals surface area contributed by atoms with Gasteiger partial charge in [0.05, 0.1) is 4.51 Å². The first-order valence-electron chi connectivity index (χ1n) is 4.16. The van der Waals surface area contributed by atoms with Crippen LogP contribution in [0.3, 0.4) is 0 Å². The Balaban J connectivity index is 2.95. The fourth-order valence-electron chi connectivity index (χ4n) is 1.38. The van der Waals surface area contributed by atoms with Crippen LogP contribution in [0.25, 0.3) is 10.9 Å². The third-order valence-corrected chi connectivity index (χ3v) is 2.55. The van der Waals surface area contributed by atoms with Gasteiger partial charge in [-0.15, -0.1) is 0 Å². The summed E-state index contributed by atoms with van der Waals surface area (Å²) in [4.78, 5) is 12.7. The molecular formula is C9H7N3O2S. The summed E-state index contributed by atoms with van der Waals surface area (Å²) in [5.74, 6) is -0.251. The molecule has 0 aliphatic heterocycles. The van der Waals surface area contributed by atoms with E-state index in [2.05, 4.69) is 4.98 Å². The van der Waals surface area contributed by atoms with E-state index in [4.69, 9.17) is 18.0 Å². The lowest BCUT2D eigenvalue weighted by Crippen LogP contribution is -2.00. The van der Waals surface area contributed by atoms with Gasteiger partial charge in [0, 0.05) is 5.39 Å². The zero-order chi connectivity index (χ0) is 11.0. The van der Waals surface area contributed by atoms with Gasteiger partial charge in [-0.3, -0.25) is 0 Å². The molecule has 1 aromatic heterocycles. The summed E-state index contributed by atoms with van der Waals surface area (Å²) < 4.78 is 0.316. The Hall–Kier alpha value is -1.95. The van der Waals surface area contributed by atoms with Crippen molar-refractivity contribution in [2.45, 2.75) is 0 Å². The molecule has 0 unspecified atom stereocenters. The molecule has 1 aromatic carbocycles. The summed E-state index contributed by atoms with van der Waals surface area (Å²) in [6.07, 6.45) is 0. The number of nitrogens with two attached hydrogens (primary N) is 1. The van der Waals surface area contributed by atoms with E-state index in [0.29, 0.717) is 10.0 Å². The van der Waals surface area contributed by atoms with Crippen molar-refractivity contribution in [2.24, 2.45) is 0 Å². The van der Waals surface area contributed by atoms with Crippen LogP contribution >= 0.6 is 12.2 Å². The van der Waals surface area contributed by atoms with E-state index in [1.807, 2.05) is 0 Å². The Morgan fingerprint density at radius 3 is 2.73 bits per heavy atom. The predicted molar refractivity (Wildman–Crippen MR) is 60.2 cm³/mol. The highest BCUT2D eigenvalue weighted by Gasteiger charge is 2.14. The van der Waals surface area contributed by atoms with E-state index >= 15 is 0 Å². The van der Waals surface area contributed by atoms with E-state index in [9.17, 15) is 10.1 Å². The SMILES string of the molecule is Nc1c([N+](=O)[O-])[nH]c2ccccc2c1=S. The van der Waals surface area contributed by atoms with Crippen molar-refractivity contribution in [1.82, 2.24) is 4.98 Å². The van der Waals surface area contributed by atoms with Gasteiger partial charge in [-0.1, -0.05) is 24.4 Å². The van der Waals surface area contributed by atoms with E-state index in [0.717, 1.165) is 5.39 Å². The molecule has 0 amide bonds. The average Bonchev–Trinajstić information content (AvgIpc) is 2.23. The van der Waals surface area contributed by atoms with Crippen molar-refractivity contribution in [3.8, 4) is 0 Å². The average molecular weight is 221 g/mol. The van der Waals surface area contributed by atoms with Crippen LogP contribution in [0, 0.1) is 14.6 Å². The van der Waals surface area contributed by atoms with Crippen LogP contribution < -0.4 is 5.73 Å². The van der Waals surface area contributed by atoms with E-state index in [1.165, 1.54) is 0 Å². The smallest absolute Gasteiger partial charge is 0.345 e. The van der Waals surface area contributed by atoms with Crippen LogP contribution in [-0.2, 0) is 0 Å². The third kappa shape index (κ3) is 1.44. The van der Waals surface area contributed by atoms with Gasteiger partial charge in [0.1, 0.15) is 11.2 Å². The molecule has 0 saturated carbocycles. The number of aromatic nitrogens is 1. The van der Waals surface area contributed by atoms with Crippen molar-refractivity contribution in [2.75, 3.05) is 5.73 Å². The standard InChI is InChI=1S/C9H7N3O2S/c10-7-8(15)5-3-1-2-4-6(5)11-9(7)12(13)14/h1-4H,10H2,(H,11,15). The van der Waals surface area contributed by atoms with Gasteiger partial charge in [-0.2, -0.15) is 0 Å². The van der Waals surface area contributed by atoms with Crippen molar-refractivity contribution in [1.29, 1.82) is 0 Å². The number of nitrogens with one attached hydrogen (secondary N) is 1. The van der Waals surface area contributed by atoms with E-state index in [-0.39, 0.29) is 11.5 Å². The number of nitrogen functional groups attached to an aromatic ring is 1.